The van der Waals surface area contributed by atoms with Crippen LogP contribution in [0.15, 0.2) is 53.6 Å². The first-order valence-electron chi connectivity index (χ1n) is 12.0. The SMILES string of the molecule is Cc1cc(C2=NN(C)PN2)cc(C)c1-c1ccc(F)c2c1CCC2Oc1ccc(C2CC2)cc1. The van der Waals surface area contributed by atoms with Crippen molar-refractivity contribution in [3.63, 3.8) is 0 Å². The molecule has 6 heteroatoms. The van der Waals surface area contributed by atoms with Gasteiger partial charge in [-0.25, -0.2) is 4.39 Å². The molecule has 1 aliphatic heterocycles. The highest BCUT2D eigenvalue weighted by Crippen LogP contribution is 2.44. The van der Waals surface area contributed by atoms with Gasteiger partial charge in [0.25, 0.3) is 0 Å². The second kappa shape index (κ2) is 8.39. The third-order valence-corrected chi connectivity index (χ3v) is 7.92. The predicted octanol–water partition coefficient (Wildman–Crippen LogP) is 6.76. The zero-order valence-corrected chi connectivity index (χ0v) is 20.8. The third-order valence-electron chi connectivity index (χ3n) is 7.15. The number of hydrogen-bond donors (Lipinski definition) is 1. The molecule has 2 unspecified atom stereocenters. The summed E-state index contributed by atoms with van der Waals surface area (Å²) in [6.07, 6.45) is 3.92. The van der Waals surface area contributed by atoms with Gasteiger partial charge in [0.2, 0.25) is 0 Å². The van der Waals surface area contributed by atoms with Crippen molar-refractivity contribution >= 4 is 14.7 Å². The Hall–Kier alpha value is -2.91. The van der Waals surface area contributed by atoms with Crippen LogP contribution in [0.5, 0.6) is 5.75 Å². The van der Waals surface area contributed by atoms with Crippen molar-refractivity contribution in [1.82, 2.24) is 9.87 Å². The number of nitrogens with one attached hydrogen (secondary N) is 1. The second-order valence-corrected chi connectivity index (χ2v) is 10.8. The van der Waals surface area contributed by atoms with Gasteiger partial charge in [-0.1, -0.05) is 18.2 Å². The molecule has 0 spiro atoms. The fourth-order valence-electron chi connectivity index (χ4n) is 5.41. The van der Waals surface area contributed by atoms with Crippen LogP contribution in [0.2, 0.25) is 0 Å². The number of hydrazone groups is 1. The van der Waals surface area contributed by atoms with Gasteiger partial charge in [0.1, 0.15) is 17.7 Å². The molecule has 0 amide bonds. The number of ether oxygens (including phenoxy) is 1. The van der Waals surface area contributed by atoms with Gasteiger partial charge in [-0.15, -0.1) is 0 Å². The first-order chi connectivity index (χ1) is 16.5. The van der Waals surface area contributed by atoms with Crippen LogP contribution in [0.1, 0.15) is 64.7 Å². The van der Waals surface area contributed by atoms with E-state index in [1.165, 1.54) is 35.1 Å². The van der Waals surface area contributed by atoms with Gasteiger partial charge in [-0.2, -0.15) is 5.10 Å². The van der Waals surface area contributed by atoms with Crippen LogP contribution in [0.4, 0.5) is 4.39 Å². The summed E-state index contributed by atoms with van der Waals surface area (Å²) in [6, 6.07) is 16.3. The van der Waals surface area contributed by atoms with E-state index in [2.05, 4.69) is 48.3 Å². The van der Waals surface area contributed by atoms with Gasteiger partial charge < -0.3 is 9.82 Å². The Balaban J connectivity index is 1.33. The van der Waals surface area contributed by atoms with E-state index in [-0.39, 0.29) is 11.9 Å². The molecule has 6 rings (SSSR count). The molecule has 1 N–H and O–H groups in total. The first kappa shape index (κ1) is 21.6. The minimum absolute atomic E-state index is 0.170. The highest BCUT2D eigenvalue weighted by Gasteiger charge is 2.31. The van der Waals surface area contributed by atoms with Crippen molar-refractivity contribution in [3.05, 3.63) is 87.7 Å². The Morgan fingerprint density at radius 2 is 1.76 bits per heavy atom. The van der Waals surface area contributed by atoms with Gasteiger partial charge in [-0.05, 0) is 109 Å². The van der Waals surface area contributed by atoms with Crippen molar-refractivity contribution in [1.29, 1.82) is 0 Å². The molecule has 4 nitrogen and oxygen atoms in total. The number of aryl methyl sites for hydroxylation is 2. The summed E-state index contributed by atoms with van der Waals surface area (Å²) in [5.74, 6) is 2.27. The maximum absolute atomic E-state index is 15.1. The molecule has 0 bridgehead atoms. The van der Waals surface area contributed by atoms with Gasteiger partial charge in [-0.3, -0.25) is 4.78 Å². The normalized spacial score (nSPS) is 19.8. The molecule has 1 fully saturated rings. The average Bonchev–Trinajstić information content (AvgIpc) is 3.44. The van der Waals surface area contributed by atoms with Gasteiger partial charge in [0, 0.05) is 18.2 Å². The summed E-state index contributed by atoms with van der Waals surface area (Å²) >= 11 is 0. The fraction of sp³-hybridized carbons (Fsp3) is 0.321. The zero-order chi connectivity index (χ0) is 23.4. The van der Waals surface area contributed by atoms with E-state index in [1.54, 1.807) is 6.07 Å². The molecule has 174 valence electrons. The molecule has 1 heterocycles. The summed E-state index contributed by atoms with van der Waals surface area (Å²) in [7, 11) is 2.43. The van der Waals surface area contributed by atoms with E-state index in [0.717, 1.165) is 52.6 Å². The number of rotatable bonds is 5. The number of nitrogens with zero attached hydrogens (tertiary/aromatic N) is 2. The van der Waals surface area contributed by atoms with Crippen LogP contribution in [0, 0.1) is 19.7 Å². The summed E-state index contributed by atoms with van der Waals surface area (Å²) in [5, 5.41) is 7.93. The minimum atomic E-state index is -0.254. The molecule has 1 saturated carbocycles. The molecular weight excluding hydrogens is 444 g/mol. The van der Waals surface area contributed by atoms with E-state index >= 15 is 4.39 Å². The Bertz CT molecular complexity index is 1280. The van der Waals surface area contributed by atoms with Crippen molar-refractivity contribution in [2.75, 3.05) is 7.05 Å². The lowest BCUT2D eigenvalue weighted by Gasteiger charge is -2.19. The predicted molar refractivity (Wildman–Crippen MR) is 137 cm³/mol. The fourth-order valence-corrected chi connectivity index (χ4v) is 6.03. The van der Waals surface area contributed by atoms with E-state index in [9.17, 15) is 0 Å². The Kier molecular flexibility index (Phi) is 5.33. The van der Waals surface area contributed by atoms with Crippen molar-refractivity contribution < 1.29 is 9.13 Å². The first-order valence-corrected chi connectivity index (χ1v) is 13.0. The molecular formula is C28H29FN3OP. The summed E-state index contributed by atoms with van der Waals surface area (Å²) in [6.45, 7) is 4.26. The summed E-state index contributed by atoms with van der Waals surface area (Å²) in [5.41, 5.74) is 8.92. The Labute approximate surface area is 202 Å². The van der Waals surface area contributed by atoms with Crippen LogP contribution in [0.25, 0.3) is 11.1 Å². The van der Waals surface area contributed by atoms with E-state index in [0.29, 0.717) is 8.88 Å². The smallest absolute Gasteiger partial charge is 0.158 e. The molecule has 2 atom stereocenters. The van der Waals surface area contributed by atoms with E-state index in [4.69, 9.17) is 4.74 Å². The molecule has 0 aromatic heterocycles. The van der Waals surface area contributed by atoms with Crippen LogP contribution in [0.3, 0.4) is 0 Å². The standard InChI is InChI=1S/C28H29FN3OP/c1-16-14-20(28-30-32(3)34-31-28)15-17(2)26(16)22-10-12-24(29)27-23(22)11-13-25(27)33-21-8-6-19(7-9-21)18-4-5-18/h6-10,12,14-15,18,25,34H,4-5,11,13H2,1-3H3,(H,30,31). The summed E-state index contributed by atoms with van der Waals surface area (Å²) in [4.78, 5) is 0. The van der Waals surface area contributed by atoms with Crippen LogP contribution in [-0.2, 0) is 6.42 Å². The molecule has 34 heavy (non-hydrogen) atoms. The number of halogens is 1. The average molecular weight is 474 g/mol. The molecule has 0 saturated heterocycles. The van der Waals surface area contributed by atoms with Crippen LogP contribution >= 0.6 is 8.88 Å². The largest absolute Gasteiger partial charge is 0.486 e. The maximum atomic E-state index is 15.1. The van der Waals surface area contributed by atoms with Gasteiger partial charge in [0.05, 0.1) is 8.88 Å². The lowest BCUT2D eigenvalue weighted by molar-refractivity contribution is 0.203. The van der Waals surface area contributed by atoms with E-state index in [1.807, 2.05) is 30.0 Å². The third kappa shape index (κ3) is 3.86. The maximum Gasteiger partial charge on any atom is 0.158 e. The Morgan fingerprint density at radius 1 is 1.03 bits per heavy atom. The molecule has 2 aliphatic carbocycles. The van der Waals surface area contributed by atoms with E-state index < -0.39 is 0 Å². The molecule has 0 radical (unpaired) electrons. The topological polar surface area (TPSA) is 36.9 Å². The van der Waals surface area contributed by atoms with Crippen LogP contribution in [-0.4, -0.2) is 17.7 Å². The second-order valence-electron chi connectivity index (χ2n) is 9.67. The molecule has 3 aromatic rings. The monoisotopic (exact) mass is 473 g/mol. The highest BCUT2D eigenvalue weighted by atomic mass is 31.1. The number of benzene rings is 3. The number of amidine groups is 1. The number of hydrogen-bond acceptors (Lipinski definition) is 4. The minimum Gasteiger partial charge on any atom is -0.486 e. The van der Waals surface area contributed by atoms with Gasteiger partial charge >= 0.3 is 0 Å². The zero-order valence-electron chi connectivity index (χ0n) is 19.8. The lowest BCUT2D eigenvalue weighted by Crippen LogP contribution is -2.12. The van der Waals surface area contributed by atoms with Gasteiger partial charge in [0.15, 0.2) is 5.84 Å². The van der Waals surface area contributed by atoms with Crippen LogP contribution < -0.4 is 9.82 Å². The van der Waals surface area contributed by atoms with Crippen molar-refractivity contribution in [2.45, 2.75) is 51.6 Å². The highest BCUT2D eigenvalue weighted by molar-refractivity contribution is 7.34. The Morgan fingerprint density at radius 3 is 2.41 bits per heavy atom. The quantitative estimate of drug-likeness (QED) is 0.416. The molecule has 3 aromatic carbocycles. The number of fused-ring (bicyclic) bond motifs is 1. The van der Waals surface area contributed by atoms with Crippen molar-refractivity contribution in [3.8, 4) is 16.9 Å². The van der Waals surface area contributed by atoms with Crippen molar-refractivity contribution in [2.24, 2.45) is 5.10 Å². The summed E-state index contributed by atoms with van der Waals surface area (Å²) < 4.78 is 23.4. The lowest BCUT2D eigenvalue weighted by atomic mass is 9.89. The molecule has 3 aliphatic rings.